The number of rotatable bonds is 3. The molecule has 0 saturated heterocycles. The predicted octanol–water partition coefficient (Wildman–Crippen LogP) is 6.67. The third-order valence-electron chi connectivity index (χ3n) is 2.39. The van der Waals surface area contributed by atoms with Crippen LogP contribution in [0, 0.1) is 0 Å². The van der Waals surface area contributed by atoms with Gasteiger partial charge in [0.25, 0.3) is 0 Å². The molecule has 0 aliphatic rings. The lowest BCUT2D eigenvalue weighted by molar-refractivity contribution is -0.137. The van der Waals surface area contributed by atoms with Gasteiger partial charge in [-0.1, -0.05) is 15.9 Å². The molecule has 8 heteroatoms. The standard InChI is InChI=1S/C12H7Br3F3NS/c13-7-1-6(12(16,17)18)2-8(3-7)19-5-9-4-10(14)11(15)20-9/h1-4,19H,5H2. The van der Waals surface area contributed by atoms with Gasteiger partial charge >= 0.3 is 6.18 Å². The molecule has 1 nitrogen and oxygen atoms in total. The van der Waals surface area contributed by atoms with Crippen LogP contribution in [0.25, 0.3) is 0 Å². The zero-order valence-corrected chi connectivity index (χ0v) is 15.3. The van der Waals surface area contributed by atoms with Crippen molar-refractivity contribution in [2.45, 2.75) is 12.7 Å². The zero-order valence-electron chi connectivity index (χ0n) is 9.69. The Morgan fingerprint density at radius 1 is 1.05 bits per heavy atom. The molecule has 0 spiro atoms. The molecule has 0 unspecified atom stereocenters. The van der Waals surface area contributed by atoms with E-state index < -0.39 is 11.7 Å². The number of halogens is 6. The molecule has 0 atom stereocenters. The van der Waals surface area contributed by atoms with Gasteiger partial charge in [0, 0.05) is 26.1 Å². The number of benzene rings is 1. The van der Waals surface area contributed by atoms with Crippen LogP contribution in [-0.4, -0.2) is 0 Å². The van der Waals surface area contributed by atoms with Crippen LogP contribution in [0.3, 0.4) is 0 Å². The average molecular weight is 494 g/mol. The highest BCUT2D eigenvalue weighted by Crippen LogP contribution is 2.35. The summed E-state index contributed by atoms with van der Waals surface area (Å²) in [7, 11) is 0. The molecule has 0 saturated carbocycles. The fourth-order valence-electron chi connectivity index (χ4n) is 1.52. The van der Waals surface area contributed by atoms with Crippen LogP contribution in [0.1, 0.15) is 10.4 Å². The first-order chi connectivity index (χ1) is 9.25. The van der Waals surface area contributed by atoms with Gasteiger partial charge < -0.3 is 5.32 Å². The Balaban J connectivity index is 2.15. The summed E-state index contributed by atoms with van der Waals surface area (Å²) in [6.45, 7) is 0.461. The highest BCUT2D eigenvalue weighted by atomic mass is 79.9. The first kappa shape index (κ1) is 16.3. The van der Waals surface area contributed by atoms with Crippen molar-refractivity contribution in [3.63, 3.8) is 0 Å². The maximum Gasteiger partial charge on any atom is 0.416 e. The lowest BCUT2D eigenvalue weighted by Gasteiger charge is -2.11. The third kappa shape index (κ3) is 4.22. The molecule has 0 fully saturated rings. The predicted molar refractivity (Wildman–Crippen MR) is 86.2 cm³/mol. The van der Waals surface area contributed by atoms with Crippen LogP contribution in [0.4, 0.5) is 18.9 Å². The van der Waals surface area contributed by atoms with Crippen LogP contribution in [0.5, 0.6) is 0 Å². The minimum Gasteiger partial charge on any atom is -0.380 e. The molecule has 108 valence electrons. The van der Waals surface area contributed by atoms with E-state index in [0.29, 0.717) is 16.7 Å². The van der Waals surface area contributed by atoms with Gasteiger partial charge in [0.15, 0.2) is 0 Å². The quantitative estimate of drug-likeness (QED) is 0.503. The second-order valence-corrected chi connectivity index (χ2v) is 8.14. The molecule has 2 aromatic rings. The summed E-state index contributed by atoms with van der Waals surface area (Å²) >= 11 is 11.4. The van der Waals surface area contributed by atoms with Crippen molar-refractivity contribution in [3.8, 4) is 0 Å². The van der Waals surface area contributed by atoms with Gasteiger partial charge in [0.1, 0.15) is 0 Å². The number of hydrogen-bond acceptors (Lipinski definition) is 2. The summed E-state index contributed by atoms with van der Waals surface area (Å²) in [5.41, 5.74) is -0.254. The second kappa shape index (κ2) is 6.37. The van der Waals surface area contributed by atoms with Gasteiger partial charge in [-0.3, -0.25) is 0 Å². The van der Waals surface area contributed by atoms with Crippen molar-refractivity contribution >= 4 is 64.8 Å². The third-order valence-corrected chi connectivity index (χ3v) is 6.10. The van der Waals surface area contributed by atoms with Crippen LogP contribution in [0.2, 0.25) is 0 Å². The number of hydrogen-bond donors (Lipinski definition) is 1. The largest absolute Gasteiger partial charge is 0.416 e. The van der Waals surface area contributed by atoms with Crippen LogP contribution in [-0.2, 0) is 12.7 Å². The van der Waals surface area contributed by atoms with E-state index in [1.807, 2.05) is 6.07 Å². The summed E-state index contributed by atoms with van der Waals surface area (Å²) in [5, 5.41) is 2.99. The molecule has 1 heterocycles. The average Bonchev–Trinajstić information content (AvgIpc) is 2.65. The molecular formula is C12H7Br3F3NS. The van der Waals surface area contributed by atoms with Crippen molar-refractivity contribution in [1.29, 1.82) is 0 Å². The normalized spacial score (nSPS) is 11.7. The molecule has 1 N–H and O–H groups in total. The minimum atomic E-state index is -4.35. The highest BCUT2D eigenvalue weighted by molar-refractivity contribution is 9.13. The van der Waals surface area contributed by atoms with E-state index >= 15 is 0 Å². The Hall–Kier alpha value is -0.0500. The molecule has 0 aliphatic carbocycles. The fraction of sp³-hybridized carbons (Fsp3) is 0.167. The van der Waals surface area contributed by atoms with Gasteiger partial charge in [0.2, 0.25) is 0 Å². The van der Waals surface area contributed by atoms with Crippen LogP contribution >= 0.6 is 59.1 Å². The van der Waals surface area contributed by atoms with Gasteiger partial charge in [-0.05, 0) is 56.1 Å². The highest BCUT2D eigenvalue weighted by Gasteiger charge is 2.31. The van der Waals surface area contributed by atoms with E-state index in [2.05, 4.69) is 53.1 Å². The Bertz CT molecular complexity index is 605. The molecule has 0 bridgehead atoms. The molecule has 0 aliphatic heterocycles. The molecular weight excluding hydrogens is 487 g/mol. The van der Waals surface area contributed by atoms with Crippen LogP contribution in [0.15, 0.2) is 37.0 Å². The molecule has 1 aromatic carbocycles. The van der Waals surface area contributed by atoms with Crippen molar-refractivity contribution in [3.05, 3.63) is 47.4 Å². The smallest absolute Gasteiger partial charge is 0.380 e. The Labute approximate surface area is 143 Å². The van der Waals surface area contributed by atoms with E-state index in [0.717, 1.165) is 25.3 Å². The van der Waals surface area contributed by atoms with E-state index in [9.17, 15) is 13.2 Å². The lowest BCUT2D eigenvalue weighted by atomic mass is 10.2. The summed E-state index contributed by atoms with van der Waals surface area (Å²) in [6.07, 6.45) is -4.35. The van der Waals surface area contributed by atoms with Gasteiger partial charge in [0.05, 0.1) is 9.35 Å². The number of alkyl halides is 3. The van der Waals surface area contributed by atoms with Crippen LogP contribution < -0.4 is 5.32 Å². The van der Waals surface area contributed by atoms with Crippen molar-refractivity contribution in [1.82, 2.24) is 0 Å². The first-order valence-electron chi connectivity index (χ1n) is 5.31. The summed E-state index contributed by atoms with van der Waals surface area (Å²) in [4.78, 5) is 1.01. The SMILES string of the molecule is FC(F)(F)c1cc(Br)cc(NCc2cc(Br)c(Br)s2)c1. The van der Waals surface area contributed by atoms with Gasteiger partial charge in [-0.15, -0.1) is 11.3 Å². The van der Waals surface area contributed by atoms with E-state index in [1.54, 1.807) is 6.07 Å². The zero-order chi connectivity index (χ0) is 14.9. The van der Waals surface area contributed by atoms with Crippen molar-refractivity contribution in [2.75, 3.05) is 5.32 Å². The second-order valence-electron chi connectivity index (χ2n) is 3.91. The summed E-state index contributed by atoms with van der Waals surface area (Å²) in [6, 6.07) is 5.70. The molecule has 0 amide bonds. The number of anilines is 1. The summed E-state index contributed by atoms with van der Waals surface area (Å²) < 4.78 is 40.4. The number of nitrogens with one attached hydrogen (secondary N) is 1. The Morgan fingerprint density at radius 3 is 2.30 bits per heavy atom. The van der Waals surface area contributed by atoms with E-state index in [1.165, 1.54) is 11.3 Å². The van der Waals surface area contributed by atoms with E-state index in [-0.39, 0.29) is 0 Å². The van der Waals surface area contributed by atoms with Crippen molar-refractivity contribution in [2.24, 2.45) is 0 Å². The molecule has 1 aromatic heterocycles. The molecule has 20 heavy (non-hydrogen) atoms. The Kier molecular flexibility index (Phi) is 5.20. The maximum atomic E-state index is 12.7. The number of thiophene rings is 1. The monoisotopic (exact) mass is 491 g/mol. The fourth-order valence-corrected chi connectivity index (χ4v) is 4.13. The molecule has 2 rings (SSSR count). The van der Waals surface area contributed by atoms with Crippen molar-refractivity contribution < 1.29 is 13.2 Å². The lowest BCUT2D eigenvalue weighted by Crippen LogP contribution is -2.06. The first-order valence-corrected chi connectivity index (χ1v) is 8.50. The maximum absolute atomic E-state index is 12.7. The molecule has 0 radical (unpaired) electrons. The Morgan fingerprint density at radius 2 is 1.75 bits per heavy atom. The van der Waals surface area contributed by atoms with E-state index in [4.69, 9.17) is 0 Å². The minimum absolute atomic E-state index is 0.392. The van der Waals surface area contributed by atoms with Gasteiger partial charge in [-0.25, -0.2) is 0 Å². The van der Waals surface area contributed by atoms with Gasteiger partial charge in [-0.2, -0.15) is 13.2 Å². The summed E-state index contributed by atoms with van der Waals surface area (Å²) in [5.74, 6) is 0. The topological polar surface area (TPSA) is 12.0 Å².